The molecule has 0 aliphatic carbocycles. The fourth-order valence-corrected chi connectivity index (χ4v) is 1.82. The third kappa shape index (κ3) is 5.19. The number of carbonyl (C=O) groups is 2. The van der Waals surface area contributed by atoms with E-state index in [9.17, 15) is 9.59 Å². The maximum absolute atomic E-state index is 11.5. The molecule has 1 aliphatic rings. The minimum atomic E-state index is -0.772. The van der Waals surface area contributed by atoms with Gasteiger partial charge >= 0.3 is 5.97 Å². The number of rotatable bonds is 6. The Morgan fingerprint density at radius 2 is 2.00 bits per heavy atom. The lowest BCUT2D eigenvalue weighted by Crippen LogP contribution is -2.31. The zero-order valence-corrected chi connectivity index (χ0v) is 12.8. The molecule has 3 atom stereocenters. The Labute approximate surface area is 119 Å². The summed E-state index contributed by atoms with van der Waals surface area (Å²) in [7, 11) is 0. The van der Waals surface area contributed by atoms with Gasteiger partial charge in [0, 0.05) is 0 Å². The quantitative estimate of drug-likeness (QED) is 0.544. The van der Waals surface area contributed by atoms with E-state index in [1.165, 1.54) is 0 Å². The van der Waals surface area contributed by atoms with E-state index in [0.717, 1.165) is 0 Å². The van der Waals surface area contributed by atoms with E-state index >= 15 is 0 Å². The lowest BCUT2D eigenvalue weighted by Gasteiger charge is -2.21. The van der Waals surface area contributed by atoms with Crippen molar-refractivity contribution in [2.24, 2.45) is 0 Å². The summed E-state index contributed by atoms with van der Waals surface area (Å²) in [6, 6.07) is 0. The maximum Gasteiger partial charge on any atom is 0.332 e. The molecule has 116 valence electrons. The fourth-order valence-electron chi connectivity index (χ4n) is 1.82. The van der Waals surface area contributed by atoms with Crippen LogP contribution in [0.25, 0.3) is 0 Å². The molecule has 0 aromatic rings. The maximum atomic E-state index is 11.5. The van der Waals surface area contributed by atoms with Crippen LogP contribution in [0.1, 0.15) is 41.0 Å². The molecule has 6 nitrogen and oxygen atoms in total. The molecule has 6 heteroatoms. The predicted molar refractivity (Wildman–Crippen MR) is 71.2 cm³/mol. The topological polar surface area (TPSA) is 71.1 Å². The van der Waals surface area contributed by atoms with E-state index in [4.69, 9.17) is 18.9 Å². The van der Waals surface area contributed by atoms with Gasteiger partial charge < -0.3 is 23.7 Å². The molecular weight excluding hydrogens is 264 g/mol. The number of aldehydes is 1. The molecule has 0 aromatic heterocycles. The zero-order chi connectivity index (χ0) is 15.4. The number of carbonyl (C=O) groups excluding carboxylic acids is 2. The van der Waals surface area contributed by atoms with Gasteiger partial charge in [-0.05, 0) is 34.1 Å². The van der Waals surface area contributed by atoms with E-state index in [1.807, 2.05) is 6.92 Å². The minimum absolute atomic E-state index is 0.109. The third-order valence-electron chi connectivity index (χ3n) is 2.85. The summed E-state index contributed by atoms with van der Waals surface area (Å²) in [4.78, 5) is 22.4. The molecule has 0 aromatic carbocycles. The molecule has 0 amide bonds. The third-order valence-corrected chi connectivity index (χ3v) is 2.85. The molecule has 1 unspecified atom stereocenters. The van der Waals surface area contributed by atoms with Gasteiger partial charge in [0.15, 0.2) is 12.1 Å². The molecule has 1 saturated heterocycles. The number of hydrogen-bond donors (Lipinski definition) is 0. The molecule has 0 bridgehead atoms. The van der Waals surface area contributed by atoms with Gasteiger partial charge in [0.1, 0.15) is 24.4 Å². The molecule has 1 rings (SSSR count). The van der Waals surface area contributed by atoms with E-state index < -0.39 is 29.6 Å². The van der Waals surface area contributed by atoms with Crippen molar-refractivity contribution in [1.82, 2.24) is 0 Å². The Bertz CT molecular complexity index is 348. The molecule has 0 N–H and O–H groups in total. The van der Waals surface area contributed by atoms with E-state index in [1.54, 1.807) is 27.7 Å². The smallest absolute Gasteiger partial charge is 0.332 e. The lowest BCUT2D eigenvalue weighted by atomic mass is 10.2. The summed E-state index contributed by atoms with van der Waals surface area (Å²) in [6.45, 7) is 8.97. The summed E-state index contributed by atoms with van der Waals surface area (Å²) in [6.07, 6.45) is 0.154. The van der Waals surface area contributed by atoms with E-state index in [-0.39, 0.29) is 13.2 Å². The standard InChI is InChI=1S/C14H24O6/c1-6-14(5)18-10(7-15)11(19-14)8-17-9-12(16)20-13(2,3)4/h7,10-11H,6,8-9H2,1-5H3/t10-,11+,14?/m1/s1. The fraction of sp³-hybridized carbons (Fsp3) is 0.857. The molecule has 1 heterocycles. The van der Waals surface area contributed by atoms with Gasteiger partial charge in [-0.1, -0.05) is 6.92 Å². The zero-order valence-electron chi connectivity index (χ0n) is 12.8. The summed E-state index contributed by atoms with van der Waals surface area (Å²) in [5, 5.41) is 0. The van der Waals surface area contributed by atoms with Gasteiger partial charge in [-0.2, -0.15) is 0 Å². The Kier molecular flexibility index (Phi) is 5.68. The van der Waals surface area contributed by atoms with Crippen LogP contribution in [-0.2, 0) is 28.5 Å². The first-order valence-corrected chi connectivity index (χ1v) is 6.79. The number of esters is 1. The van der Waals surface area contributed by atoms with Crippen molar-refractivity contribution in [1.29, 1.82) is 0 Å². The Morgan fingerprint density at radius 1 is 1.35 bits per heavy atom. The van der Waals surface area contributed by atoms with Gasteiger partial charge in [0.25, 0.3) is 0 Å². The molecule has 1 fully saturated rings. The first-order valence-electron chi connectivity index (χ1n) is 6.79. The molecule has 0 saturated carbocycles. The predicted octanol–water partition coefficient (Wildman–Crippen LogP) is 1.45. The molecule has 1 aliphatic heterocycles. The summed E-state index contributed by atoms with van der Waals surface area (Å²) in [5.74, 6) is -1.22. The van der Waals surface area contributed by atoms with Gasteiger partial charge in [-0.15, -0.1) is 0 Å². The first kappa shape index (κ1) is 17.1. The molecule has 20 heavy (non-hydrogen) atoms. The summed E-state index contributed by atoms with van der Waals surface area (Å²) >= 11 is 0. The largest absolute Gasteiger partial charge is 0.458 e. The molecule has 0 spiro atoms. The SMILES string of the molecule is CCC1(C)O[C@@H](COCC(=O)OC(C)(C)C)[C@@H](C=O)O1. The van der Waals surface area contributed by atoms with Crippen molar-refractivity contribution in [3.05, 3.63) is 0 Å². The second-order valence-corrected chi connectivity index (χ2v) is 5.96. The van der Waals surface area contributed by atoms with Crippen molar-refractivity contribution in [3.63, 3.8) is 0 Å². The van der Waals surface area contributed by atoms with Crippen molar-refractivity contribution in [2.75, 3.05) is 13.2 Å². The van der Waals surface area contributed by atoms with Crippen LogP contribution < -0.4 is 0 Å². The Balaban J connectivity index is 2.38. The molecular formula is C14H24O6. The highest BCUT2D eigenvalue weighted by Gasteiger charge is 2.43. The second-order valence-electron chi connectivity index (χ2n) is 5.96. The van der Waals surface area contributed by atoms with Gasteiger partial charge in [-0.25, -0.2) is 4.79 Å². The monoisotopic (exact) mass is 288 g/mol. The normalized spacial score (nSPS) is 30.2. The number of hydrogen-bond acceptors (Lipinski definition) is 6. The van der Waals surface area contributed by atoms with Crippen LogP contribution in [0.2, 0.25) is 0 Å². The van der Waals surface area contributed by atoms with Crippen LogP contribution in [0, 0.1) is 0 Å². The Morgan fingerprint density at radius 3 is 2.50 bits per heavy atom. The summed E-state index contributed by atoms with van der Waals surface area (Å²) < 4.78 is 21.5. The highest BCUT2D eigenvalue weighted by Crippen LogP contribution is 2.30. The van der Waals surface area contributed by atoms with Crippen LogP contribution in [0.15, 0.2) is 0 Å². The van der Waals surface area contributed by atoms with Crippen molar-refractivity contribution in [2.45, 2.75) is 64.6 Å². The van der Waals surface area contributed by atoms with Crippen LogP contribution in [0.4, 0.5) is 0 Å². The van der Waals surface area contributed by atoms with Crippen molar-refractivity contribution < 1.29 is 28.5 Å². The van der Waals surface area contributed by atoms with E-state index in [2.05, 4.69) is 0 Å². The Hall–Kier alpha value is -0.980. The van der Waals surface area contributed by atoms with Crippen LogP contribution in [0.3, 0.4) is 0 Å². The summed E-state index contributed by atoms with van der Waals surface area (Å²) in [5.41, 5.74) is -0.542. The minimum Gasteiger partial charge on any atom is -0.458 e. The lowest BCUT2D eigenvalue weighted by molar-refractivity contribution is -0.171. The molecule has 0 radical (unpaired) electrons. The average Bonchev–Trinajstić information content (AvgIpc) is 2.65. The first-order chi connectivity index (χ1) is 9.19. The van der Waals surface area contributed by atoms with Crippen LogP contribution in [0.5, 0.6) is 0 Å². The van der Waals surface area contributed by atoms with Crippen LogP contribution >= 0.6 is 0 Å². The van der Waals surface area contributed by atoms with Crippen molar-refractivity contribution in [3.8, 4) is 0 Å². The van der Waals surface area contributed by atoms with Gasteiger partial charge in [0.05, 0.1) is 6.61 Å². The van der Waals surface area contributed by atoms with Crippen molar-refractivity contribution >= 4 is 12.3 Å². The highest BCUT2D eigenvalue weighted by atomic mass is 16.8. The highest BCUT2D eigenvalue weighted by molar-refractivity contribution is 5.71. The van der Waals surface area contributed by atoms with Crippen LogP contribution in [-0.4, -0.2) is 49.1 Å². The van der Waals surface area contributed by atoms with Gasteiger partial charge in [0.2, 0.25) is 0 Å². The second kappa shape index (κ2) is 6.65. The van der Waals surface area contributed by atoms with E-state index in [0.29, 0.717) is 12.7 Å². The van der Waals surface area contributed by atoms with Gasteiger partial charge in [-0.3, -0.25) is 0 Å². The average molecular weight is 288 g/mol. The number of ether oxygens (including phenoxy) is 4.